The Morgan fingerprint density at radius 2 is 2.14 bits per heavy atom. The summed E-state index contributed by atoms with van der Waals surface area (Å²) in [5.41, 5.74) is 3.27. The minimum Gasteiger partial charge on any atom is -0.330 e. The smallest absolute Gasteiger partial charge is 0.129 e. The first kappa shape index (κ1) is 13.8. The van der Waals surface area contributed by atoms with E-state index >= 15 is 0 Å². The molecule has 1 aromatic carbocycles. The zero-order valence-electron chi connectivity index (χ0n) is 12.2. The standard InChI is InChI=1S/C16H17FN4/c1-11-12(2)21-6-5-20(10-16(21)19-11)9-14-4-3-13(8-18)7-15(14)17/h3-4,7H,5-6,9-10H2,1-2H3. The Hall–Kier alpha value is -2.19. The lowest BCUT2D eigenvalue weighted by molar-refractivity contribution is 0.205. The minimum absolute atomic E-state index is 0.310. The second-order valence-electron chi connectivity index (χ2n) is 5.48. The van der Waals surface area contributed by atoms with Gasteiger partial charge in [-0.15, -0.1) is 0 Å². The first-order valence-corrected chi connectivity index (χ1v) is 7.02. The molecule has 0 aliphatic carbocycles. The van der Waals surface area contributed by atoms with Crippen molar-refractivity contribution in [3.63, 3.8) is 0 Å². The number of rotatable bonds is 2. The van der Waals surface area contributed by atoms with E-state index in [4.69, 9.17) is 5.26 Å². The summed E-state index contributed by atoms with van der Waals surface area (Å²) in [6, 6.07) is 6.62. The first-order chi connectivity index (χ1) is 10.1. The van der Waals surface area contributed by atoms with Crippen molar-refractivity contribution in [2.45, 2.75) is 33.5 Å². The topological polar surface area (TPSA) is 44.9 Å². The van der Waals surface area contributed by atoms with E-state index in [1.54, 1.807) is 12.1 Å². The van der Waals surface area contributed by atoms with E-state index in [1.807, 2.05) is 13.0 Å². The molecule has 3 rings (SSSR count). The summed E-state index contributed by atoms with van der Waals surface area (Å²) in [5.74, 6) is 0.737. The highest BCUT2D eigenvalue weighted by Crippen LogP contribution is 2.20. The molecule has 108 valence electrons. The highest BCUT2D eigenvalue weighted by Gasteiger charge is 2.21. The minimum atomic E-state index is -0.310. The molecule has 2 aromatic rings. The highest BCUT2D eigenvalue weighted by molar-refractivity contribution is 5.32. The van der Waals surface area contributed by atoms with Crippen LogP contribution in [0.2, 0.25) is 0 Å². The van der Waals surface area contributed by atoms with Crippen LogP contribution in [0.4, 0.5) is 4.39 Å². The molecular weight excluding hydrogens is 267 g/mol. The van der Waals surface area contributed by atoms with Gasteiger partial charge in [-0.25, -0.2) is 9.37 Å². The molecule has 2 heterocycles. The predicted molar refractivity (Wildman–Crippen MR) is 76.9 cm³/mol. The number of nitriles is 1. The van der Waals surface area contributed by atoms with Crippen LogP contribution in [0, 0.1) is 31.0 Å². The van der Waals surface area contributed by atoms with Gasteiger partial charge in [0.25, 0.3) is 0 Å². The van der Waals surface area contributed by atoms with Crippen LogP contribution in [-0.2, 0) is 19.6 Å². The Morgan fingerprint density at radius 3 is 2.86 bits per heavy atom. The quantitative estimate of drug-likeness (QED) is 0.851. The predicted octanol–water partition coefficient (Wildman–Crippen LogP) is 2.53. The maximum atomic E-state index is 14.0. The Kier molecular flexibility index (Phi) is 3.48. The molecule has 0 fully saturated rings. The van der Waals surface area contributed by atoms with Gasteiger partial charge in [0.1, 0.15) is 11.6 Å². The molecule has 0 unspecified atom stereocenters. The lowest BCUT2D eigenvalue weighted by atomic mass is 10.1. The highest BCUT2D eigenvalue weighted by atomic mass is 19.1. The third-order valence-corrected chi connectivity index (χ3v) is 4.12. The van der Waals surface area contributed by atoms with Gasteiger partial charge in [-0.2, -0.15) is 5.26 Å². The number of hydrogen-bond acceptors (Lipinski definition) is 3. The number of hydrogen-bond donors (Lipinski definition) is 0. The van der Waals surface area contributed by atoms with E-state index in [-0.39, 0.29) is 5.82 Å². The number of imidazole rings is 1. The average Bonchev–Trinajstić information content (AvgIpc) is 2.76. The lowest BCUT2D eigenvalue weighted by Crippen LogP contribution is -2.34. The normalized spacial score (nSPS) is 14.8. The van der Waals surface area contributed by atoms with Crippen LogP contribution < -0.4 is 0 Å². The van der Waals surface area contributed by atoms with Gasteiger partial charge < -0.3 is 4.57 Å². The van der Waals surface area contributed by atoms with Gasteiger partial charge in [0, 0.05) is 30.9 Å². The molecule has 1 aliphatic heterocycles. The van der Waals surface area contributed by atoms with E-state index in [0.717, 1.165) is 31.2 Å². The van der Waals surface area contributed by atoms with E-state index in [2.05, 4.69) is 21.4 Å². The summed E-state index contributed by atoms with van der Waals surface area (Å²) in [5, 5.41) is 8.77. The van der Waals surface area contributed by atoms with Gasteiger partial charge in [-0.3, -0.25) is 4.90 Å². The molecule has 0 radical (unpaired) electrons. The summed E-state index contributed by atoms with van der Waals surface area (Å²) in [7, 11) is 0. The van der Waals surface area contributed by atoms with Gasteiger partial charge in [0.2, 0.25) is 0 Å². The molecule has 0 saturated heterocycles. The second-order valence-corrected chi connectivity index (χ2v) is 5.48. The monoisotopic (exact) mass is 284 g/mol. The van der Waals surface area contributed by atoms with Gasteiger partial charge >= 0.3 is 0 Å². The molecule has 1 aliphatic rings. The maximum Gasteiger partial charge on any atom is 0.129 e. The molecule has 0 atom stereocenters. The second kappa shape index (κ2) is 5.30. The van der Waals surface area contributed by atoms with Crippen LogP contribution in [-0.4, -0.2) is 21.0 Å². The van der Waals surface area contributed by atoms with Crippen LogP contribution >= 0.6 is 0 Å². The fourth-order valence-electron chi connectivity index (χ4n) is 2.78. The number of halogens is 1. The summed E-state index contributed by atoms with van der Waals surface area (Å²) >= 11 is 0. The van der Waals surface area contributed by atoms with Crippen molar-refractivity contribution in [1.29, 1.82) is 5.26 Å². The van der Waals surface area contributed by atoms with Crippen LogP contribution in [0.25, 0.3) is 0 Å². The van der Waals surface area contributed by atoms with E-state index in [1.165, 1.54) is 11.8 Å². The summed E-state index contributed by atoms with van der Waals surface area (Å²) in [4.78, 5) is 6.76. The number of benzene rings is 1. The zero-order chi connectivity index (χ0) is 15.0. The Labute approximate surface area is 123 Å². The molecule has 21 heavy (non-hydrogen) atoms. The molecule has 5 heteroatoms. The number of fused-ring (bicyclic) bond motifs is 1. The van der Waals surface area contributed by atoms with E-state index < -0.39 is 0 Å². The summed E-state index contributed by atoms with van der Waals surface area (Å²) in [6.45, 7) is 7.15. The SMILES string of the molecule is Cc1nc2n(c1C)CCN(Cc1ccc(C#N)cc1F)C2. The van der Waals surface area contributed by atoms with Crippen LogP contribution in [0.15, 0.2) is 18.2 Å². The molecular formula is C16H17FN4. The van der Waals surface area contributed by atoms with Crippen LogP contribution in [0.1, 0.15) is 28.3 Å². The van der Waals surface area contributed by atoms with Gasteiger partial charge in [0.05, 0.1) is 23.9 Å². The van der Waals surface area contributed by atoms with Crippen LogP contribution in [0.5, 0.6) is 0 Å². The van der Waals surface area contributed by atoms with Crippen molar-refractivity contribution >= 4 is 0 Å². The first-order valence-electron chi connectivity index (χ1n) is 7.02. The Bertz CT molecular complexity index is 727. The van der Waals surface area contributed by atoms with Crippen molar-refractivity contribution in [2.24, 2.45) is 0 Å². The molecule has 0 spiro atoms. The maximum absolute atomic E-state index is 14.0. The lowest BCUT2D eigenvalue weighted by Gasteiger charge is -2.28. The van der Waals surface area contributed by atoms with E-state index in [9.17, 15) is 4.39 Å². The zero-order valence-corrected chi connectivity index (χ0v) is 12.2. The summed E-state index contributed by atoms with van der Waals surface area (Å²) in [6.07, 6.45) is 0. The van der Waals surface area contributed by atoms with Gasteiger partial charge in [0.15, 0.2) is 0 Å². The van der Waals surface area contributed by atoms with Gasteiger partial charge in [-0.1, -0.05) is 6.07 Å². The number of aromatic nitrogens is 2. The van der Waals surface area contributed by atoms with Crippen molar-refractivity contribution in [1.82, 2.24) is 14.5 Å². The Morgan fingerprint density at radius 1 is 1.33 bits per heavy atom. The third-order valence-electron chi connectivity index (χ3n) is 4.12. The van der Waals surface area contributed by atoms with Crippen LogP contribution in [0.3, 0.4) is 0 Å². The number of aryl methyl sites for hydroxylation is 1. The molecule has 1 aromatic heterocycles. The van der Waals surface area contributed by atoms with E-state index in [0.29, 0.717) is 17.7 Å². The molecule has 0 saturated carbocycles. The van der Waals surface area contributed by atoms with Crippen molar-refractivity contribution in [3.05, 3.63) is 52.4 Å². The largest absolute Gasteiger partial charge is 0.330 e. The molecule has 0 bridgehead atoms. The Balaban J connectivity index is 1.77. The fraction of sp³-hybridized carbons (Fsp3) is 0.375. The fourth-order valence-corrected chi connectivity index (χ4v) is 2.78. The third kappa shape index (κ3) is 2.55. The summed E-state index contributed by atoms with van der Waals surface area (Å²) < 4.78 is 16.2. The molecule has 0 amide bonds. The van der Waals surface area contributed by atoms with Crippen molar-refractivity contribution in [2.75, 3.05) is 6.54 Å². The van der Waals surface area contributed by atoms with Gasteiger partial charge in [-0.05, 0) is 26.0 Å². The number of nitrogens with zero attached hydrogens (tertiary/aromatic N) is 4. The molecule has 0 N–H and O–H groups in total. The average molecular weight is 284 g/mol. The van der Waals surface area contributed by atoms with Crippen molar-refractivity contribution in [3.8, 4) is 6.07 Å². The van der Waals surface area contributed by atoms with Crippen molar-refractivity contribution < 1.29 is 4.39 Å². The molecule has 4 nitrogen and oxygen atoms in total.